The van der Waals surface area contributed by atoms with E-state index in [0.29, 0.717) is 0 Å². The van der Waals surface area contributed by atoms with Gasteiger partial charge in [0.1, 0.15) is 11.2 Å². The summed E-state index contributed by atoms with van der Waals surface area (Å²) in [6.45, 7) is 0. The first-order valence-electron chi connectivity index (χ1n) is 5.94. The van der Waals surface area contributed by atoms with Crippen LogP contribution in [0.1, 0.15) is 20.7 Å². The van der Waals surface area contributed by atoms with Gasteiger partial charge in [0.2, 0.25) is 5.43 Å². The SMILES string of the molecule is Cl.O=C(O)c1ccc2oc3ccc(C(=O)O)cc3c(=O)c2c1. The van der Waals surface area contributed by atoms with Crippen molar-refractivity contribution in [2.24, 2.45) is 0 Å². The highest BCUT2D eigenvalue weighted by Gasteiger charge is 2.13. The number of benzene rings is 2. The summed E-state index contributed by atoms with van der Waals surface area (Å²) in [6.07, 6.45) is 0. The molecule has 0 radical (unpaired) electrons. The van der Waals surface area contributed by atoms with Crippen molar-refractivity contribution in [3.8, 4) is 0 Å². The number of hydrogen-bond donors (Lipinski definition) is 2. The predicted octanol–water partition coefficient (Wildman–Crippen LogP) is 2.76. The number of carboxylic acid groups (broad SMARTS) is 2. The molecule has 2 aromatic carbocycles. The van der Waals surface area contributed by atoms with Gasteiger partial charge in [0.05, 0.1) is 21.9 Å². The molecule has 0 bridgehead atoms. The molecule has 0 atom stereocenters. The highest BCUT2D eigenvalue weighted by Crippen LogP contribution is 2.20. The number of carbonyl (C=O) groups is 2. The maximum atomic E-state index is 12.4. The Bertz CT molecular complexity index is 898. The van der Waals surface area contributed by atoms with E-state index < -0.39 is 17.4 Å². The summed E-state index contributed by atoms with van der Waals surface area (Å²) in [5.41, 5.74) is -0.0364. The van der Waals surface area contributed by atoms with Crippen LogP contribution in [0.4, 0.5) is 0 Å². The first-order valence-corrected chi connectivity index (χ1v) is 5.94. The van der Waals surface area contributed by atoms with E-state index in [1.165, 1.54) is 36.4 Å². The van der Waals surface area contributed by atoms with E-state index in [4.69, 9.17) is 14.6 Å². The van der Waals surface area contributed by atoms with Gasteiger partial charge in [-0.05, 0) is 36.4 Å². The summed E-state index contributed by atoms with van der Waals surface area (Å²) in [5.74, 6) is -2.31. The lowest BCUT2D eigenvalue weighted by atomic mass is 10.1. The largest absolute Gasteiger partial charge is 0.478 e. The fourth-order valence-corrected chi connectivity index (χ4v) is 2.12. The molecule has 0 aliphatic rings. The molecule has 0 unspecified atom stereocenters. The molecule has 0 fully saturated rings. The van der Waals surface area contributed by atoms with Crippen LogP contribution in [0.2, 0.25) is 0 Å². The van der Waals surface area contributed by atoms with Crippen LogP contribution >= 0.6 is 12.4 Å². The van der Waals surface area contributed by atoms with Crippen molar-refractivity contribution in [3.63, 3.8) is 0 Å². The second-order valence-electron chi connectivity index (χ2n) is 4.46. The zero-order chi connectivity index (χ0) is 15.1. The zero-order valence-electron chi connectivity index (χ0n) is 10.9. The Kier molecular flexibility index (Phi) is 3.88. The van der Waals surface area contributed by atoms with E-state index in [1.807, 2.05) is 0 Å². The maximum absolute atomic E-state index is 12.4. The fraction of sp³-hybridized carbons (Fsp3) is 0. The molecule has 7 heteroatoms. The minimum atomic E-state index is -1.16. The van der Waals surface area contributed by atoms with Gasteiger partial charge in [0.25, 0.3) is 0 Å². The van der Waals surface area contributed by atoms with Crippen LogP contribution in [0.25, 0.3) is 21.9 Å². The number of carboxylic acids is 2. The summed E-state index contributed by atoms with van der Waals surface area (Å²) < 4.78 is 5.51. The molecule has 3 aromatic rings. The Labute approximate surface area is 129 Å². The van der Waals surface area contributed by atoms with E-state index in [9.17, 15) is 14.4 Å². The van der Waals surface area contributed by atoms with Gasteiger partial charge < -0.3 is 14.6 Å². The van der Waals surface area contributed by atoms with E-state index in [0.717, 1.165) is 0 Å². The molecule has 0 saturated heterocycles. The monoisotopic (exact) mass is 320 g/mol. The fourth-order valence-electron chi connectivity index (χ4n) is 2.12. The van der Waals surface area contributed by atoms with Crippen molar-refractivity contribution in [1.29, 1.82) is 0 Å². The van der Waals surface area contributed by atoms with Crippen molar-refractivity contribution in [2.75, 3.05) is 0 Å². The smallest absolute Gasteiger partial charge is 0.335 e. The molecule has 3 rings (SSSR count). The molecular weight excluding hydrogens is 312 g/mol. The van der Waals surface area contributed by atoms with Gasteiger partial charge in [-0.3, -0.25) is 4.79 Å². The van der Waals surface area contributed by atoms with E-state index in [-0.39, 0.29) is 45.5 Å². The van der Waals surface area contributed by atoms with Crippen LogP contribution in [0.3, 0.4) is 0 Å². The lowest BCUT2D eigenvalue weighted by Gasteiger charge is -2.03. The molecule has 2 N–H and O–H groups in total. The van der Waals surface area contributed by atoms with Crippen LogP contribution in [-0.2, 0) is 0 Å². The Hall–Kier alpha value is -2.86. The van der Waals surface area contributed by atoms with Crippen LogP contribution in [-0.4, -0.2) is 22.2 Å². The first-order chi connectivity index (χ1) is 9.97. The number of rotatable bonds is 2. The Morgan fingerprint density at radius 3 is 1.59 bits per heavy atom. The van der Waals surface area contributed by atoms with E-state index >= 15 is 0 Å². The normalized spacial score (nSPS) is 10.4. The molecule has 1 heterocycles. The summed E-state index contributed by atoms with van der Waals surface area (Å²) in [5, 5.41) is 18.1. The molecule has 0 amide bonds. The van der Waals surface area contributed by atoms with Crippen molar-refractivity contribution in [3.05, 3.63) is 57.7 Å². The van der Waals surface area contributed by atoms with Gasteiger partial charge in [-0.2, -0.15) is 0 Å². The third-order valence-electron chi connectivity index (χ3n) is 3.16. The highest BCUT2D eigenvalue weighted by atomic mass is 35.5. The molecule has 6 nitrogen and oxygen atoms in total. The second kappa shape index (κ2) is 5.50. The van der Waals surface area contributed by atoms with Crippen LogP contribution in [0.15, 0.2) is 45.6 Å². The van der Waals surface area contributed by atoms with E-state index in [2.05, 4.69) is 0 Å². The average molecular weight is 321 g/mol. The Morgan fingerprint density at radius 2 is 1.23 bits per heavy atom. The second-order valence-corrected chi connectivity index (χ2v) is 4.46. The summed E-state index contributed by atoms with van der Waals surface area (Å²) in [4.78, 5) is 34.3. The number of hydrogen-bond acceptors (Lipinski definition) is 4. The maximum Gasteiger partial charge on any atom is 0.335 e. The third kappa shape index (κ3) is 2.40. The lowest BCUT2D eigenvalue weighted by molar-refractivity contribution is 0.0686. The van der Waals surface area contributed by atoms with Crippen molar-refractivity contribution in [2.45, 2.75) is 0 Å². The molecule has 112 valence electrons. The minimum absolute atomic E-state index is 0. The molecule has 0 aliphatic carbocycles. The quantitative estimate of drug-likeness (QED) is 0.703. The van der Waals surface area contributed by atoms with Crippen LogP contribution in [0, 0.1) is 0 Å². The van der Waals surface area contributed by atoms with Gasteiger partial charge in [0.15, 0.2) is 0 Å². The van der Waals surface area contributed by atoms with Crippen molar-refractivity contribution < 1.29 is 24.2 Å². The van der Waals surface area contributed by atoms with Gasteiger partial charge in [-0.1, -0.05) is 0 Å². The summed E-state index contributed by atoms with van der Waals surface area (Å²) in [7, 11) is 0. The van der Waals surface area contributed by atoms with Gasteiger partial charge >= 0.3 is 11.9 Å². The molecule has 0 aliphatic heterocycles. The first kappa shape index (κ1) is 15.5. The average Bonchev–Trinajstić information content (AvgIpc) is 2.46. The lowest BCUT2D eigenvalue weighted by Crippen LogP contribution is -2.06. The van der Waals surface area contributed by atoms with Crippen molar-refractivity contribution >= 4 is 46.3 Å². The molecule has 22 heavy (non-hydrogen) atoms. The standard InChI is InChI=1S/C15H8O6.ClH/c16-13-9-5-7(14(17)18)1-3-11(9)21-12-4-2-8(15(19)20)6-10(12)13;/h1-6H,(H,17,18)(H,19,20);1H. The molecule has 1 aromatic heterocycles. The predicted molar refractivity (Wildman–Crippen MR) is 81.2 cm³/mol. The summed E-state index contributed by atoms with van der Waals surface area (Å²) >= 11 is 0. The third-order valence-corrected chi connectivity index (χ3v) is 3.16. The van der Waals surface area contributed by atoms with Crippen LogP contribution in [0.5, 0.6) is 0 Å². The zero-order valence-corrected chi connectivity index (χ0v) is 11.7. The number of fused-ring (bicyclic) bond motifs is 2. The van der Waals surface area contributed by atoms with E-state index in [1.54, 1.807) is 0 Å². The molecule has 0 spiro atoms. The topological polar surface area (TPSA) is 105 Å². The van der Waals surface area contributed by atoms with Crippen molar-refractivity contribution in [1.82, 2.24) is 0 Å². The Balaban J connectivity index is 0.00000176. The van der Waals surface area contributed by atoms with Gasteiger partial charge in [-0.25, -0.2) is 9.59 Å². The summed E-state index contributed by atoms with van der Waals surface area (Å²) in [6, 6.07) is 7.93. The highest BCUT2D eigenvalue weighted by molar-refractivity contribution is 5.98. The molecular formula is C15H9ClO6. The van der Waals surface area contributed by atoms with Gasteiger partial charge in [-0.15, -0.1) is 12.4 Å². The number of aromatic carboxylic acids is 2. The van der Waals surface area contributed by atoms with Gasteiger partial charge in [0, 0.05) is 0 Å². The van der Waals surface area contributed by atoms with Crippen LogP contribution < -0.4 is 5.43 Å². The number of halogens is 1. The molecule has 0 saturated carbocycles. The minimum Gasteiger partial charge on any atom is -0.478 e. The Morgan fingerprint density at radius 1 is 0.818 bits per heavy atom.